The van der Waals surface area contributed by atoms with Gasteiger partial charge in [0, 0.05) is 0 Å². The molecule has 0 aliphatic rings. The molecule has 0 unspecified atom stereocenters. The third-order valence-electron chi connectivity index (χ3n) is 2.27. The number of esters is 2. The van der Waals surface area contributed by atoms with Crippen molar-refractivity contribution in [3.8, 4) is 0 Å². The van der Waals surface area contributed by atoms with Crippen molar-refractivity contribution in [2.75, 3.05) is 19.8 Å². The molecule has 0 bridgehead atoms. The van der Waals surface area contributed by atoms with Crippen molar-refractivity contribution >= 4 is 11.9 Å². The predicted octanol–water partition coefficient (Wildman–Crippen LogP) is 2.59. The van der Waals surface area contributed by atoms with Crippen LogP contribution in [0.1, 0.15) is 46.5 Å². The maximum atomic E-state index is 11.7. The zero-order chi connectivity index (χ0) is 14.5. The lowest BCUT2D eigenvalue weighted by Gasteiger charge is -2.08. The molecule has 0 saturated carbocycles. The molecule has 0 saturated heterocycles. The smallest absolute Gasteiger partial charge is 0.348 e. The Kier molecular flexibility index (Phi) is 10.6. The first-order chi connectivity index (χ1) is 9.17. The molecule has 0 aromatic rings. The number of hydrogen-bond donors (Lipinski definition) is 0. The van der Waals surface area contributed by atoms with Crippen LogP contribution in [0.4, 0.5) is 0 Å². The first kappa shape index (κ1) is 17.5. The Morgan fingerprint density at radius 2 is 1.37 bits per heavy atom. The quantitative estimate of drug-likeness (QED) is 0.153. The van der Waals surface area contributed by atoms with Gasteiger partial charge in [0.05, 0.1) is 19.8 Å². The molecule has 0 amide bonds. The maximum absolute atomic E-state index is 11.7. The number of carbonyl (C=O) groups is 2. The Balaban J connectivity index is 4.43. The highest BCUT2D eigenvalue weighted by Crippen LogP contribution is 2.05. The second kappa shape index (κ2) is 11.6. The molecule has 0 fully saturated rings. The van der Waals surface area contributed by atoms with Crippen LogP contribution >= 0.6 is 0 Å². The van der Waals surface area contributed by atoms with Crippen LogP contribution in [-0.2, 0) is 23.8 Å². The van der Waals surface area contributed by atoms with Gasteiger partial charge in [0.1, 0.15) is 6.26 Å². The van der Waals surface area contributed by atoms with Gasteiger partial charge in [-0.1, -0.05) is 26.7 Å². The minimum Gasteiger partial charge on any atom is -0.500 e. The molecule has 0 N–H and O–H groups in total. The van der Waals surface area contributed by atoms with Crippen molar-refractivity contribution in [2.45, 2.75) is 46.5 Å². The van der Waals surface area contributed by atoms with Gasteiger partial charge in [0.2, 0.25) is 0 Å². The summed E-state index contributed by atoms with van der Waals surface area (Å²) in [4.78, 5) is 23.5. The molecule has 110 valence electrons. The number of rotatable bonds is 10. The van der Waals surface area contributed by atoms with Crippen LogP contribution in [0, 0.1) is 0 Å². The van der Waals surface area contributed by atoms with Crippen molar-refractivity contribution in [3.05, 3.63) is 11.8 Å². The Morgan fingerprint density at radius 1 is 0.895 bits per heavy atom. The molecule has 0 atom stereocenters. The van der Waals surface area contributed by atoms with Crippen molar-refractivity contribution < 1.29 is 23.8 Å². The van der Waals surface area contributed by atoms with Crippen LogP contribution in [-0.4, -0.2) is 31.8 Å². The van der Waals surface area contributed by atoms with E-state index in [1.165, 1.54) is 0 Å². The number of carbonyl (C=O) groups excluding carboxylic acids is 2. The van der Waals surface area contributed by atoms with Crippen LogP contribution < -0.4 is 0 Å². The molecular weight excluding hydrogens is 248 g/mol. The molecule has 5 nitrogen and oxygen atoms in total. The van der Waals surface area contributed by atoms with Crippen molar-refractivity contribution in [1.82, 2.24) is 0 Å². The van der Waals surface area contributed by atoms with Gasteiger partial charge >= 0.3 is 11.9 Å². The Labute approximate surface area is 114 Å². The van der Waals surface area contributed by atoms with Gasteiger partial charge in [-0.2, -0.15) is 0 Å². The van der Waals surface area contributed by atoms with Crippen LogP contribution in [0.2, 0.25) is 0 Å². The first-order valence-corrected chi connectivity index (χ1v) is 6.83. The van der Waals surface area contributed by atoms with E-state index in [1.54, 1.807) is 6.92 Å². The zero-order valence-corrected chi connectivity index (χ0v) is 12.1. The molecule has 5 heteroatoms. The summed E-state index contributed by atoms with van der Waals surface area (Å²) in [5, 5.41) is 0. The fourth-order valence-electron chi connectivity index (χ4n) is 1.12. The average molecular weight is 272 g/mol. The van der Waals surface area contributed by atoms with E-state index >= 15 is 0 Å². The Morgan fingerprint density at radius 3 is 1.74 bits per heavy atom. The SMILES string of the molecule is CCCCOC(=O)C(=COCC)C(=O)OCCCC. The van der Waals surface area contributed by atoms with E-state index in [0.717, 1.165) is 31.9 Å². The van der Waals surface area contributed by atoms with Crippen molar-refractivity contribution in [2.24, 2.45) is 0 Å². The topological polar surface area (TPSA) is 61.8 Å². The summed E-state index contributed by atoms with van der Waals surface area (Å²) in [7, 11) is 0. The summed E-state index contributed by atoms with van der Waals surface area (Å²) < 4.78 is 14.9. The normalized spacial score (nSPS) is 9.63. The maximum Gasteiger partial charge on any atom is 0.348 e. The predicted molar refractivity (Wildman–Crippen MR) is 71.4 cm³/mol. The van der Waals surface area contributed by atoms with Gasteiger partial charge in [-0.15, -0.1) is 0 Å². The van der Waals surface area contributed by atoms with E-state index < -0.39 is 11.9 Å². The molecule has 0 heterocycles. The van der Waals surface area contributed by atoms with Crippen LogP contribution in [0.15, 0.2) is 11.8 Å². The molecule has 19 heavy (non-hydrogen) atoms. The third kappa shape index (κ3) is 8.24. The van der Waals surface area contributed by atoms with E-state index in [-0.39, 0.29) is 5.57 Å². The number of ether oxygens (including phenoxy) is 3. The third-order valence-corrected chi connectivity index (χ3v) is 2.27. The first-order valence-electron chi connectivity index (χ1n) is 6.83. The molecule has 0 aromatic carbocycles. The zero-order valence-electron chi connectivity index (χ0n) is 12.1. The van der Waals surface area contributed by atoms with E-state index in [1.807, 2.05) is 13.8 Å². The highest BCUT2D eigenvalue weighted by Gasteiger charge is 2.22. The van der Waals surface area contributed by atoms with E-state index in [0.29, 0.717) is 19.8 Å². The summed E-state index contributed by atoms with van der Waals surface area (Å²) in [6, 6.07) is 0. The monoisotopic (exact) mass is 272 g/mol. The summed E-state index contributed by atoms with van der Waals surface area (Å²) in [5.41, 5.74) is -0.186. The fraction of sp³-hybridized carbons (Fsp3) is 0.714. The van der Waals surface area contributed by atoms with E-state index in [4.69, 9.17) is 14.2 Å². The van der Waals surface area contributed by atoms with Gasteiger partial charge in [0.25, 0.3) is 0 Å². The van der Waals surface area contributed by atoms with Crippen LogP contribution in [0.3, 0.4) is 0 Å². The van der Waals surface area contributed by atoms with Crippen molar-refractivity contribution in [3.63, 3.8) is 0 Å². The molecule has 0 spiro atoms. The summed E-state index contributed by atoms with van der Waals surface area (Å²) in [5.74, 6) is -1.38. The summed E-state index contributed by atoms with van der Waals surface area (Å²) in [6.07, 6.45) is 4.47. The van der Waals surface area contributed by atoms with Crippen molar-refractivity contribution in [1.29, 1.82) is 0 Å². The standard InChI is InChI=1S/C14H24O5/c1-4-7-9-18-13(15)12(11-17-6-3)14(16)19-10-8-5-2/h11H,4-10H2,1-3H3. The second-order valence-corrected chi connectivity index (χ2v) is 3.97. The lowest BCUT2D eigenvalue weighted by molar-refractivity contribution is -0.147. The second-order valence-electron chi connectivity index (χ2n) is 3.97. The van der Waals surface area contributed by atoms with Gasteiger partial charge < -0.3 is 14.2 Å². The van der Waals surface area contributed by atoms with Crippen LogP contribution in [0.5, 0.6) is 0 Å². The lowest BCUT2D eigenvalue weighted by Crippen LogP contribution is -2.19. The molecule has 0 aliphatic heterocycles. The number of hydrogen-bond acceptors (Lipinski definition) is 5. The molecule has 0 rings (SSSR count). The summed E-state index contributed by atoms with van der Waals surface area (Å²) >= 11 is 0. The Hall–Kier alpha value is -1.52. The average Bonchev–Trinajstić information content (AvgIpc) is 2.40. The number of unbranched alkanes of at least 4 members (excludes halogenated alkanes) is 2. The largest absolute Gasteiger partial charge is 0.500 e. The molecule has 0 aromatic heterocycles. The van der Waals surface area contributed by atoms with Gasteiger partial charge in [0.15, 0.2) is 5.57 Å². The minimum atomic E-state index is -0.691. The Bertz CT molecular complexity index is 272. The highest BCUT2D eigenvalue weighted by molar-refractivity contribution is 6.13. The van der Waals surface area contributed by atoms with E-state index in [2.05, 4.69) is 0 Å². The lowest BCUT2D eigenvalue weighted by atomic mass is 10.3. The minimum absolute atomic E-state index is 0.186. The molecular formula is C14H24O5. The van der Waals surface area contributed by atoms with Crippen LogP contribution in [0.25, 0.3) is 0 Å². The van der Waals surface area contributed by atoms with E-state index in [9.17, 15) is 9.59 Å². The summed E-state index contributed by atoms with van der Waals surface area (Å²) in [6.45, 7) is 6.70. The van der Waals surface area contributed by atoms with Gasteiger partial charge in [-0.3, -0.25) is 0 Å². The molecule has 0 radical (unpaired) electrons. The fourth-order valence-corrected chi connectivity index (χ4v) is 1.12. The molecule has 0 aliphatic carbocycles. The van der Waals surface area contributed by atoms with Gasteiger partial charge in [-0.05, 0) is 19.8 Å². The van der Waals surface area contributed by atoms with Gasteiger partial charge in [-0.25, -0.2) is 9.59 Å². The highest BCUT2D eigenvalue weighted by atomic mass is 16.6.